The molecule has 0 spiro atoms. The number of methoxy groups -OCH3 is 1. The Balaban J connectivity index is 1.95. The first-order chi connectivity index (χ1) is 10.3. The molecule has 4 rings (SSSR count). The van der Waals surface area contributed by atoms with Crippen LogP contribution in [-0.4, -0.2) is 22.1 Å². The molecular weight excluding hydrogens is 262 g/mol. The molecule has 1 N–H and O–H groups in total. The minimum Gasteiger partial charge on any atom is -0.497 e. The Kier molecular flexibility index (Phi) is 2.60. The van der Waals surface area contributed by atoms with E-state index in [2.05, 4.69) is 16.0 Å². The molecule has 0 unspecified atom stereocenters. The molecule has 0 radical (unpaired) electrons. The maximum absolute atomic E-state index is 5.26. The Morgan fingerprint density at radius 2 is 1.95 bits per heavy atom. The van der Waals surface area contributed by atoms with Crippen LogP contribution in [0.15, 0.2) is 54.7 Å². The highest BCUT2D eigenvalue weighted by Gasteiger charge is 2.08. The first-order valence-corrected chi connectivity index (χ1v) is 6.73. The first kappa shape index (κ1) is 11.9. The zero-order chi connectivity index (χ0) is 14.2. The highest BCUT2D eigenvalue weighted by atomic mass is 16.5. The summed E-state index contributed by atoms with van der Waals surface area (Å²) >= 11 is 0. The molecule has 2 aromatic carbocycles. The molecule has 21 heavy (non-hydrogen) atoms. The van der Waals surface area contributed by atoms with E-state index in [1.165, 1.54) is 0 Å². The van der Waals surface area contributed by atoms with Crippen molar-refractivity contribution in [3.8, 4) is 17.0 Å². The molecule has 0 saturated carbocycles. The van der Waals surface area contributed by atoms with Gasteiger partial charge in [-0.1, -0.05) is 30.3 Å². The summed E-state index contributed by atoms with van der Waals surface area (Å²) in [6.07, 6.45) is 1.78. The second-order valence-corrected chi connectivity index (χ2v) is 4.85. The lowest BCUT2D eigenvalue weighted by atomic mass is 10.1. The zero-order valence-electron chi connectivity index (χ0n) is 11.5. The van der Waals surface area contributed by atoms with Gasteiger partial charge in [0.05, 0.1) is 19.0 Å². The predicted octanol–water partition coefficient (Wildman–Crippen LogP) is 3.79. The fourth-order valence-electron chi connectivity index (χ4n) is 2.52. The van der Waals surface area contributed by atoms with Gasteiger partial charge in [-0.15, -0.1) is 0 Å². The molecule has 0 saturated heterocycles. The molecule has 0 amide bonds. The van der Waals surface area contributed by atoms with Gasteiger partial charge in [-0.2, -0.15) is 0 Å². The highest BCUT2D eigenvalue weighted by molar-refractivity contribution is 6.03. The van der Waals surface area contributed by atoms with Gasteiger partial charge in [-0.05, 0) is 18.2 Å². The number of aromatic nitrogens is 3. The third-order valence-corrected chi connectivity index (χ3v) is 3.57. The van der Waals surface area contributed by atoms with Gasteiger partial charge in [0.1, 0.15) is 11.3 Å². The van der Waals surface area contributed by atoms with E-state index in [4.69, 9.17) is 9.72 Å². The van der Waals surface area contributed by atoms with Crippen LogP contribution in [-0.2, 0) is 0 Å². The molecule has 4 nitrogen and oxygen atoms in total. The third kappa shape index (κ3) is 1.92. The number of hydrogen-bond acceptors (Lipinski definition) is 3. The van der Waals surface area contributed by atoms with Gasteiger partial charge in [-0.25, -0.2) is 9.97 Å². The lowest BCUT2D eigenvalue weighted by Crippen LogP contribution is -1.88. The lowest BCUT2D eigenvalue weighted by molar-refractivity contribution is 0.415. The summed E-state index contributed by atoms with van der Waals surface area (Å²) < 4.78 is 5.26. The number of hydrogen-bond donors (Lipinski definition) is 1. The molecule has 0 aliphatic rings. The Labute approximate surface area is 121 Å². The Hall–Kier alpha value is -2.88. The van der Waals surface area contributed by atoms with Crippen LogP contribution >= 0.6 is 0 Å². The van der Waals surface area contributed by atoms with E-state index in [-0.39, 0.29) is 0 Å². The van der Waals surface area contributed by atoms with E-state index in [1.807, 2.05) is 42.5 Å². The fraction of sp³-hybridized carbons (Fsp3) is 0.0588. The molecule has 102 valence electrons. The van der Waals surface area contributed by atoms with Crippen LogP contribution in [0.25, 0.3) is 33.3 Å². The van der Waals surface area contributed by atoms with Crippen molar-refractivity contribution in [2.75, 3.05) is 7.11 Å². The Bertz CT molecular complexity index is 943. The number of nitrogens with one attached hydrogen (secondary N) is 1. The SMILES string of the molecule is COc1cccc(-c2cnc3[nH]c4ccccc4c3n2)c1. The normalized spacial score (nSPS) is 11.1. The number of nitrogens with zero attached hydrogens (tertiary/aromatic N) is 2. The van der Waals surface area contributed by atoms with Crippen LogP contribution in [0.5, 0.6) is 5.75 Å². The van der Waals surface area contributed by atoms with E-state index in [0.29, 0.717) is 0 Å². The maximum atomic E-state index is 5.26. The average Bonchev–Trinajstić information content (AvgIpc) is 2.92. The van der Waals surface area contributed by atoms with E-state index in [1.54, 1.807) is 13.3 Å². The molecule has 0 bridgehead atoms. The van der Waals surface area contributed by atoms with Crippen molar-refractivity contribution >= 4 is 22.1 Å². The van der Waals surface area contributed by atoms with Crippen LogP contribution in [0, 0.1) is 0 Å². The third-order valence-electron chi connectivity index (χ3n) is 3.57. The first-order valence-electron chi connectivity index (χ1n) is 6.73. The van der Waals surface area contributed by atoms with E-state index >= 15 is 0 Å². The number of H-pyrrole nitrogens is 1. The summed E-state index contributed by atoms with van der Waals surface area (Å²) in [4.78, 5) is 12.5. The molecule has 0 atom stereocenters. The largest absolute Gasteiger partial charge is 0.497 e. The molecular formula is C17H13N3O. The standard InChI is InChI=1S/C17H13N3O/c1-21-12-6-4-5-11(9-12)15-10-18-17-16(19-15)13-7-2-3-8-14(13)20-17/h2-10H,1H3,(H,18,20). The number of benzene rings is 2. The van der Waals surface area contributed by atoms with Gasteiger partial charge in [0.2, 0.25) is 0 Å². The summed E-state index contributed by atoms with van der Waals surface area (Å²) in [6, 6.07) is 15.9. The van der Waals surface area contributed by atoms with Crippen molar-refractivity contribution < 1.29 is 4.74 Å². The van der Waals surface area contributed by atoms with Crippen molar-refractivity contribution in [3.63, 3.8) is 0 Å². The lowest BCUT2D eigenvalue weighted by Gasteiger charge is -2.03. The minimum atomic E-state index is 0.808. The van der Waals surface area contributed by atoms with Crippen LogP contribution in [0.1, 0.15) is 0 Å². The monoisotopic (exact) mass is 275 g/mol. The molecule has 0 aliphatic heterocycles. The molecule has 0 fully saturated rings. The van der Waals surface area contributed by atoms with E-state index in [0.717, 1.165) is 39.1 Å². The van der Waals surface area contributed by atoms with Crippen molar-refractivity contribution in [2.45, 2.75) is 0 Å². The van der Waals surface area contributed by atoms with Gasteiger partial charge in [0, 0.05) is 16.5 Å². The summed E-state index contributed by atoms with van der Waals surface area (Å²) in [6.45, 7) is 0. The summed E-state index contributed by atoms with van der Waals surface area (Å²) in [5.41, 5.74) is 4.59. The van der Waals surface area contributed by atoms with Crippen LogP contribution < -0.4 is 4.74 Å². The summed E-state index contributed by atoms with van der Waals surface area (Å²) in [5, 5.41) is 1.09. The topological polar surface area (TPSA) is 50.8 Å². The van der Waals surface area contributed by atoms with Gasteiger partial charge >= 0.3 is 0 Å². The molecule has 2 aromatic heterocycles. The van der Waals surface area contributed by atoms with Gasteiger partial charge < -0.3 is 9.72 Å². The van der Waals surface area contributed by atoms with Crippen molar-refractivity contribution in [3.05, 3.63) is 54.7 Å². The van der Waals surface area contributed by atoms with Crippen molar-refractivity contribution in [1.29, 1.82) is 0 Å². The Morgan fingerprint density at radius 3 is 2.86 bits per heavy atom. The van der Waals surface area contributed by atoms with E-state index in [9.17, 15) is 0 Å². The predicted molar refractivity (Wildman–Crippen MR) is 83.4 cm³/mol. The fourth-order valence-corrected chi connectivity index (χ4v) is 2.52. The van der Waals surface area contributed by atoms with Crippen LogP contribution in [0.4, 0.5) is 0 Å². The highest BCUT2D eigenvalue weighted by Crippen LogP contribution is 2.26. The number of ether oxygens (including phenoxy) is 1. The van der Waals surface area contributed by atoms with Crippen LogP contribution in [0.2, 0.25) is 0 Å². The van der Waals surface area contributed by atoms with Gasteiger partial charge in [0.15, 0.2) is 5.65 Å². The number of fused-ring (bicyclic) bond motifs is 3. The van der Waals surface area contributed by atoms with Crippen molar-refractivity contribution in [1.82, 2.24) is 15.0 Å². The van der Waals surface area contributed by atoms with Crippen LogP contribution in [0.3, 0.4) is 0 Å². The molecule has 4 heteroatoms. The Morgan fingerprint density at radius 1 is 1.05 bits per heavy atom. The van der Waals surface area contributed by atoms with E-state index < -0.39 is 0 Å². The zero-order valence-corrected chi connectivity index (χ0v) is 11.5. The molecule has 2 heterocycles. The van der Waals surface area contributed by atoms with Crippen molar-refractivity contribution in [2.24, 2.45) is 0 Å². The molecule has 4 aromatic rings. The number of aromatic amines is 1. The minimum absolute atomic E-state index is 0.808. The second kappa shape index (κ2) is 4.59. The summed E-state index contributed by atoms with van der Waals surface area (Å²) in [7, 11) is 1.66. The smallest absolute Gasteiger partial charge is 0.157 e. The van der Waals surface area contributed by atoms with Gasteiger partial charge in [-0.3, -0.25) is 0 Å². The number of para-hydroxylation sites is 1. The van der Waals surface area contributed by atoms with Gasteiger partial charge in [0.25, 0.3) is 0 Å². The average molecular weight is 275 g/mol. The quantitative estimate of drug-likeness (QED) is 0.605. The number of rotatable bonds is 2. The maximum Gasteiger partial charge on any atom is 0.157 e. The second-order valence-electron chi connectivity index (χ2n) is 4.85. The summed E-state index contributed by atoms with van der Waals surface area (Å²) in [5.74, 6) is 0.813. The molecule has 0 aliphatic carbocycles.